The summed E-state index contributed by atoms with van der Waals surface area (Å²) in [6, 6.07) is 7.31. The van der Waals surface area contributed by atoms with Crippen LogP contribution in [0.5, 0.6) is 0 Å². The van der Waals surface area contributed by atoms with Gasteiger partial charge >= 0.3 is 5.70 Å². The minimum Gasteiger partial charge on any atom is -0.258 e. The van der Waals surface area contributed by atoms with E-state index in [0.29, 0.717) is 0 Å². The summed E-state index contributed by atoms with van der Waals surface area (Å²) < 4.78 is -0.514. The Morgan fingerprint density at radius 2 is 1.79 bits per heavy atom. The van der Waals surface area contributed by atoms with Gasteiger partial charge in [0.15, 0.2) is 9.40 Å². The molecule has 0 fully saturated rings. The number of halogens is 4. The van der Waals surface area contributed by atoms with Crippen LogP contribution in [0.25, 0.3) is 0 Å². The van der Waals surface area contributed by atoms with Crippen LogP contribution in [0.1, 0.15) is 5.56 Å². The van der Waals surface area contributed by atoms with Gasteiger partial charge in [0.1, 0.15) is 4.49 Å². The predicted octanol–water partition coefficient (Wildman–Crippen LogP) is 5.66. The van der Waals surface area contributed by atoms with Crippen molar-refractivity contribution >= 4 is 58.2 Å². The Morgan fingerprint density at radius 3 is 2.26 bits per heavy atom. The van der Waals surface area contributed by atoms with Crippen LogP contribution >= 0.6 is 58.2 Å². The van der Waals surface area contributed by atoms with Crippen LogP contribution in [-0.2, 0) is 0 Å². The van der Waals surface area contributed by atoms with E-state index in [2.05, 4.69) is 0 Å². The fourth-order valence-electron chi connectivity index (χ4n) is 1.14. The number of thioether (sulfide) groups is 1. The van der Waals surface area contributed by atoms with E-state index in [9.17, 15) is 10.1 Å². The van der Waals surface area contributed by atoms with Gasteiger partial charge in [-0.25, -0.2) is 0 Å². The molecular formula is C11H7Cl4NO2S. The standard InChI is InChI=1S/C11H7Cl4NO2S/c1-6-4-2-3-5-7(6)19-11(15)9(16(17)18)8(12)10(13)14/h2-5H,1H3/b11-9+. The second-order valence-electron chi connectivity index (χ2n) is 3.32. The second kappa shape index (κ2) is 7.41. The van der Waals surface area contributed by atoms with Crippen LogP contribution < -0.4 is 0 Å². The number of benzene rings is 1. The maximum Gasteiger partial charge on any atom is 0.315 e. The summed E-state index contributed by atoms with van der Waals surface area (Å²) in [6.45, 7) is 1.87. The summed E-state index contributed by atoms with van der Waals surface area (Å²) >= 11 is 23.6. The second-order valence-corrected chi connectivity index (χ2v) is 6.30. The summed E-state index contributed by atoms with van der Waals surface area (Å²) in [4.78, 5) is 11.0. The van der Waals surface area contributed by atoms with Gasteiger partial charge in [0.05, 0.1) is 4.92 Å². The zero-order valence-corrected chi connectivity index (χ0v) is 13.3. The highest BCUT2D eigenvalue weighted by Crippen LogP contribution is 2.38. The smallest absolute Gasteiger partial charge is 0.258 e. The molecule has 0 spiro atoms. The first kappa shape index (κ1) is 16.7. The highest BCUT2D eigenvalue weighted by Gasteiger charge is 2.25. The van der Waals surface area contributed by atoms with Crippen LogP contribution in [0.15, 0.2) is 48.7 Å². The quantitative estimate of drug-likeness (QED) is 0.302. The first-order valence-electron chi connectivity index (χ1n) is 4.83. The zero-order valence-electron chi connectivity index (χ0n) is 9.49. The molecule has 0 N–H and O–H groups in total. The molecule has 0 saturated carbocycles. The minimum absolute atomic E-state index is 0.108. The SMILES string of the molecule is Cc1ccccc1S/C(Cl)=C(\C(Cl)=C(Cl)Cl)[N+](=O)[O-]. The van der Waals surface area contributed by atoms with Gasteiger partial charge in [-0.3, -0.25) is 10.1 Å². The van der Waals surface area contributed by atoms with Crippen molar-refractivity contribution in [3.63, 3.8) is 0 Å². The van der Waals surface area contributed by atoms with Crippen molar-refractivity contribution in [1.82, 2.24) is 0 Å². The highest BCUT2D eigenvalue weighted by atomic mass is 35.5. The number of allylic oxidation sites excluding steroid dienone is 1. The molecule has 19 heavy (non-hydrogen) atoms. The first-order chi connectivity index (χ1) is 8.84. The molecule has 0 heterocycles. The molecule has 8 heteroatoms. The summed E-state index contributed by atoms with van der Waals surface area (Å²) in [6.07, 6.45) is 0. The molecule has 0 radical (unpaired) electrons. The molecule has 0 bridgehead atoms. The van der Waals surface area contributed by atoms with Gasteiger partial charge < -0.3 is 0 Å². The third-order valence-electron chi connectivity index (χ3n) is 2.04. The molecular weight excluding hydrogens is 352 g/mol. The Kier molecular flexibility index (Phi) is 6.50. The third kappa shape index (κ3) is 4.58. The van der Waals surface area contributed by atoms with Crippen LogP contribution in [0.3, 0.4) is 0 Å². The van der Waals surface area contributed by atoms with E-state index in [1.807, 2.05) is 19.1 Å². The van der Waals surface area contributed by atoms with Gasteiger partial charge in [-0.15, -0.1) is 0 Å². The van der Waals surface area contributed by atoms with Crippen molar-refractivity contribution in [1.29, 1.82) is 0 Å². The number of nitro groups is 1. The van der Waals surface area contributed by atoms with Crippen LogP contribution in [0, 0.1) is 17.0 Å². The average molecular weight is 359 g/mol. The largest absolute Gasteiger partial charge is 0.315 e. The van der Waals surface area contributed by atoms with Crippen molar-refractivity contribution in [2.45, 2.75) is 11.8 Å². The molecule has 0 atom stereocenters. The van der Waals surface area contributed by atoms with Gasteiger partial charge in [-0.05, 0) is 18.6 Å². The Morgan fingerprint density at radius 1 is 1.21 bits per heavy atom. The van der Waals surface area contributed by atoms with Gasteiger partial charge in [-0.1, -0.05) is 76.4 Å². The lowest BCUT2D eigenvalue weighted by atomic mass is 10.2. The predicted molar refractivity (Wildman–Crippen MR) is 81.5 cm³/mol. The van der Waals surface area contributed by atoms with E-state index in [1.165, 1.54) is 0 Å². The van der Waals surface area contributed by atoms with Gasteiger partial charge in [0.2, 0.25) is 0 Å². The van der Waals surface area contributed by atoms with Gasteiger partial charge in [0, 0.05) is 4.90 Å². The molecule has 0 aliphatic rings. The summed E-state index contributed by atoms with van der Waals surface area (Å²) in [5, 5.41) is 10.6. The lowest BCUT2D eigenvalue weighted by molar-refractivity contribution is -0.419. The Labute approximate surface area is 134 Å². The molecule has 102 valence electrons. The first-order valence-corrected chi connectivity index (χ1v) is 7.16. The number of rotatable bonds is 4. The molecule has 0 amide bonds. The average Bonchev–Trinajstić information content (AvgIpc) is 2.31. The van der Waals surface area contributed by atoms with E-state index >= 15 is 0 Å². The molecule has 1 aromatic carbocycles. The third-order valence-corrected chi connectivity index (χ3v) is 4.44. The molecule has 0 aliphatic carbocycles. The molecule has 1 rings (SSSR count). The zero-order chi connectivity index (χ0) is 14.6. The lowest BCUT2D eigenvalue weighted by Gasteiger charge is -2.05. The summed E-state index contributed by atoms with van der Waals surface area (Å²) in [5.41, 5.74) is 0.419. The van der Waals surface area contributed by atoms with E-state index in [0.717, 1.165) is 22.2 Å². The summed E-state index contributed by atoms with van der Waals surface area (Å²) in [7, 11) is 0. The molecule has 0 unspecified atom stereocenters. The number of hydrogen-bond acceptors (Lipinski definition) is 3. The van der Waals surface area contributed by atoms with Crippen molar-refractivity contribution in [2.24, 2.45) is 0 Å². The Balaban J connectivity index is 3.23. The fourth-order valence-corrected chi connectivity index (χ4v) is 2.85. The lowest BCUT2D eigenvalue weighted by Crippen LogP contribution is -2.01. The van der Waals surface area contributed by atoms with Gasteiger partial charge in [-0.2, -0.15) is 0 Å². The molecule has 1 aromatic rings. The van der Waals surface area contributed by atoms with Crippen molar-refractivity contribution < 1.29 is 4.92 Å². The molecule has 0 aromatic heterocycles. The van der Waals surface area contributed by atoms with E-state index in [4.69, 9.17) is 46.4 Å². The maximum absolute atomic E-state index is 11.0. The van der Waals surface area contributed by atoms with Crippen molar-refractivity contribution in [3.05, 3.63) is 59.5 Å². The number of hydrogen-bond donors (Lipinski definition) is 0. The molecule has 3 nitrogen and oxygen atoms in total. The monoisotopic (exact) mass is 357 g/mol. The normalized spacial score (nSPS) is 11.8. The van der Waals surface area contributed by atoms with Crippen LogP contribution in [0.4, 0.5) is 0 Å². The number of aryl methyl sites for hydroxylation is 1. The molecule has 0 saturated heterocycles. The maximum atomic E-state index is 11.0. The van der Waals surface area contributed by atoms with Crippen molar-refractivity contribution in [3.8, 4) is 0 Å². The van der Waals surface area contributed by atoms with E-state index in [1.54, 1.807) is 12.1 Å². The molecule has 0 aliphatic heterocycles. The Hall–Kier alpha value is -0.390. The van der Waals surface area contributed by atoms with Crippen molar-refractivity contribution in [2.75, 3.05) is 0 Å². The highest BCUT2D eigenvalue weighted by molar-refractivity contribution is 8.04. The van der Waals surface area contributed by atoms with Crippen LogP contribution in [-0.4, -0.2) is 4.92 Å². The van der Waals surface area contributed by atoms with E-state index < -0.39 is 15.1 Å². The Bertz CT molecular complexity index is 568. The van der Waals surface area contributed by atoms with Crippen LogP contribution in [0.2, 0.25) is 0 Å². The minimum atomic E-state index is -0.722. The van der Waals surface area contributed by atoms with Gasteiger partial charge in [0.25, 0.3) is 0 Å². The summed E-state index contributed by atoms with van der Waals surface area (Å²) in [5.74, 6) is 0. The fraction of sp³-hybridized carbons (Fsp3) is 0.0909. The number of nitrogens with zero attached hydrogens (tertiary/aromatic N) is 1. The van der Waals surface area contributed by atoms with E-state index in [-0.39, 0.29) is 9.40 Å². The topological polar surface area (TPSA) is 43.1 Å².